The number of hydrogen-bond donors (Lipinski definition) is 1. The van der Waals surface area contributed by atoms with Crippen molar-refractivity contribution in [3.05, 3.63) is 40.0 Å². The Hall–Kier alpha value is -1.95. The van der Waals surface area contributed by atoms with Crippen LogP contribution < -0.4 is 5.73 Å². The summed E-state index contributed by atoms with van der Waals surface area (Å²) in [5.74, 6) is -0.102. The maximum absolute atomic E-state index is 12.7. The van der Waals surface area contributed by atoms with E-state index in [9.17, 15) is 8.42 Å². The summed E-state index contributed by atoms with van der Waals surface area (Å²) in [6.07, 6.45) is 3.11. The topological polar surface area (TPSA) is 109 Å². The summed E-state index contributed by atoms with van der Waals surface area (Å²) in [6, 6.07) is 5.49. The molecule has 0 spiro atoms. The highest BCUT2D eigenvalue weighted by atomic mass is 35.5. The molecule has 1 unspecified atom stereocenters. The number of nitriles is 1. The van der Waals surface area contributed by atoms with Crippen molar-refractivity contribution in [3.8, 4) is 16.5 Å². The van der Waals surface area contributed by atoms with Gasteiger partial charge >= 0.3 is 0 Å². The van der Waals surface area contributed by atoms with Crippen molar-refractivity contribution >= 4 is 38.6 Å². The van der Waals surface area contributed by atoms with Crippen LogP contribution in [0.1, 0.15) is 31.2 Å². The van der Waals surface area contributed by atoms with Crippen molar-refractivity contribution in [2.24, 2.45) is 10.7 Å². The third kappa shape index (κ3) is 2.90. The van der Waals surface area contributed by atoms with Gasteiger partial charge in [0.15, 0.2) is 9.84 Å². The van der Waals surface area contributed by atoms with Crippen LogP contribution in [-0.4, -0.2) is 29.7 Å². The summed E-state index contributed by atoms with van der Waals surface area (Å²) in [7, 11) is -3.51. The Morgan fingerprint density at radius 2 is 2.00 bits per heavy atom. The van der Waals surface area contributed by atoms with Gasteiger partial charge in [0.05, 0.1) is 21.2 Å². The van der Waals surface area contributed by atoms with E-state index in [0.717, 1.165) is 10.4 Å². The molecule has 1 aliphatic rings. The molecule has 0 aliphatic carbocycles. The van der Waals surface area contributed by atoms with Crippen LogP contribution in [0.4, 0.5) is 0 Å². The molecule has 2 N–H and O–H groups in total. The van der Waals surface area contributed by atoms with E-state index in [0.29, 0.717) is 15.5 Å². The van der Waals surface area contributed by atoms with Crippen LogP contribution in [-0.2, 0) is 15.4 Å². The number of halogens is 1. The molecule has 1 atom stereocenters. The summed E-state index contributed by atoms with van der Waals surface area (Å²) >= 11 is 7.76. The summed E-state index contributed by atoms with van der Waals surface area (Å²) in [4.78, 5) is 9.97. The Labute approximate surface area is 161 Å². The lowest BCUT2D eigenvalue weighted by molar-refractivity contribution is 0.507. The third-order valence-electron chi connectivity index (χ3n) is 4.56. The van der Waals surface area contributed by atoms with E-state index in [4.69, 9.17) is 22.6 Å². The first-order valence-electron chi connectivity index (χ1n) is 7.73. The molecule has 6 nitrogen and oxygen atoms in total. The van der Waals surface area contributed by atoms with Gasteiger partial charge in [0, 0.05) is 22.8 Å². The molecule has 2 aromatic heterocycles. The SMILES string of the molecule is CC1(c2sc(-c3cncc(C#N)c3)cc2Cl)CS(=O)(=O)C(C)(C)C(N)=N1. The van der Waals surface area contributed by atoms with Crippen LogP contribution in [0.25, 0.3) is 10.4 Å². The lowest BCUT2D eigenvalue weighted by Gasteiger charge is -2.37. The largest absolute Gasteiger partial charge is 0.386 e. The van der Waals surface area contributed by atoms with Gasteiger partial charge in [-0.2, -0.15) is 5.26 Å². The smallest absolute Gasteiger partial charge is 0.165 e. The maximum Gasteiger partial charge on any atom is 0.165 e. The van der Waals surface area contributed by atoms with E-state index in [1.807, 2.05) is 6.07 Å². The molecule has 0 saturated heterocycles. The second-order valence-corrected chi connectivity index (χ2v) is 10.9. The third-order valence-corrected chi connectivity index (χ3v) is 9.11. The fraction of sp³-hybridized carbons (Fsp3) is 0.353. The van der Waals surface area contributed by atoms with E-state index >= 15 is 0 Å². The minimum Gasteiger partial charge on any atom is -0.386 e. The lowest BCUT2D eigenvalue weighted by atomic mass is 10.0. The standard InChI is InChI=1S/C17H17ClN4O2S2/c1-16(2)15(20)22-17(3,9-26(16,23)24)14-12(18)5-13(25-14)11-4-10(6-19)7-21-8-11/h4-5,7-8H,9H2,1-3H3,(H2,20,22). The molecule has 2 aromatic rings. The minimum atomic E-state index is -3.51. The quantitative estimate of drug-likeness (QED) is 0.820. The zero-order valence-electron chi connectivity index (χ0n) is 14.4. The highest BCUT2D eigenvalue weighted by Crippen LogP contribution is 2.45. The van der Waals surface area contributed by atoms with Crippen LogP contribution in [0.3, 0.4) is 0 Å². The number of aromatic nitrogens is 1. The van der Waals surface area contributed by atoms with Gasteiger partial charge in [0.1, 0.15) is 22.2 Å². The number of amidine groups is 1. The Bertz CT molecular complexity index is 1070. The van der Waals surface area contributed by atoms with Crippen molar-refractivity contribution in [2.75, 3.05) is 5.75 Å². The Kier molecular flexibility index (Phi) is 4.38. The predicted octanol–water partition coefficient (Wildman–Crippen LogP) is 3.11. The molecule has 1 aliphatic heterocycles. The number of hydrogen-bond acceptors (Lipinski definition) is 7. The normalized spacial score (nSPS) is 23.9. The van der Waals surface area contributed by atoms with Crippen LogP contribution in [0.15, 0.2) is 29.5 Å². The van der Waals surface area contributed by atoms with Gasteiger partial charge in [-0.15, -0.1) is 11.3 Å². The number of rotatable bonds is 2. The van der Waals surface area contributed by atoms with Gasteiger partial charge in [-0.1, -0.05) is 11.6 Å². The van der Waals surface area contributed by atoms with Crippen molar-refractivity contribution < 1.29 is 8.42 Å². The van der Waals surface area contributed by atoms with Gasteiger partial charge < -0.3 is 5.73 Å². The molecule has 0 fully saturated rings. The van der Waals surface area contributed by atoms with Crippen LogP contribution >= 0.6 is 22.9 Å². The van der Waals surface area contributed by atoms with Crippen LogP contribution in [0.2, 0.25) is 5.02 Å². The van der Waals surface area contributed by atoms with Gasteiger partial charge in [-0.05, 0) is 32.9 Å². The van der Waals surface area contributed by atoms with Crippen LogP contribution in [0, 0.1) is 11.3 Å². The molecule has 9 heteroatoms. The molecule has 0 amide bonds. The zero-order valence-corrected chi connectivity index (χ0v) is 16.8. The number of nitrogens with two attached hydrogens (primary N) is 1. The molecule has 136 valence electrons. The van der Waals surface area contributed by atoms with E-state index < -0.39 is 20.1 Å². The van der Waals surface area contributed by atoms with Gasteiger partial charge in [-0.3, -0.25) is 9.98 Å². The van der Waals surface area contributed by atoms with E-state index in [-0.39, 0.29) is 11.6 Å². The molecule has 26 heavy (non-hydrogen) atoms. The second-order valence-electron chi connectivity index (χ2n) is 6.90. The van der Waals surface area contributed by atoms with Crippen molar-refractivity contribution in [3.63, 3.8) is 0 Å². The molecule has 3 rings (SSSR count). The highest BCUT2D eigenvalue weighted by Gasteiger charge is 2.49. The number of pyridine rings is 1. The van der Waals surface area contributed by atoms with E-state index in [1.165, 1.54) is 17.5 Å². The Morgan fingerprint density at radius 1 is 1.31 bits per heavy atom. The minimum absolute atomic E-state index is 0.0745. The summed E-state index contributed by atoms with van der Waals surface area (Å²) in [6.45, 7) is 4.83. The van der Waals surface area contributed by atoms with Crippen molar-refractivity contribution in [1.29, 1.82) is 5.26 Å². The molecular formula is C17H17ClN4O2S2. The van der Waals surface area contributed by atoms with Crippen LogP contribution in [0.5, 0.6) is 0 Å². The number of sulfone groups is 1. The maximum atomic E-state index is 12.7. The number of aliphatic imine (C=N–C) groups is 1. The first kappa shape index (κ1) is 18.8. The molecule has 3 heterocycles. The molecule has 0 saturated carbocycles. The highest BCUT2D eigenvalue weighted by molar-refractivity contribution is 7.93. The first-order chi connectivity index (χ1) is 12.0. The van der Waals surface area contributed by atoms with Crippen molar-refractivity contribution in [2.45, 2.75) is 31.1 Å². The van der Waals surface area contributed by atoms with E-state index in [2.05, 4.69) is 9.98 Å². The summed E-state index contributed by atoms with van der Waals surface area (Å²) in [5.41, 5.74) is 6.11. The molecule has 0 bridgehead atoms. The summed E-state index contributed by atoms with van der Waals surface area (Å²) < 4.78 is 24.3. The average Bonchev–Trinajstić information content (AvgIpc) is 2.95. The number of nitrogens with zero attached hydrogens (tertiary/aromatic N) is 3. The predicted molar refractivity (Wildman–Crippen MR) is 104 cm³/mol. The average molecular weight is 409 g/mol. The van der Waals surface area contributed by atoms with Gasteiger partial charge in [0.2, 0.25) is 0 Å². The van der Waals surface area contributed by atoms with Crippen molar-refractivity contribution in [1.82, 2.24) is 4.98 Å². The lowest BCUT2D eigenvalue weighted by Crippen LogP contribution is -2.54. The summed E-state index contributed by atoms with van der Waals surface area (Å²) in [5, 5.41) is 9.46. The second kappa shape index (κ2) is 6.05. The van der Waals surface area contributed by atoms with Gasteiger partial charge in [0.25, 0.3) is 0 Å². The van der Waals surface area contributed by atoms with Gasteiger partial charge in [-0.25, -0.2) is 8.42 Å². The first-order valence-corrected chi connectivity index (χ1v) is 10.6. The Balaban J connectivity index is 2.13. The van der Waals surface area contributed by atoms with E-state index in [1.54, 1.807) is 39.1 Å². The molecule has 0 radical (unpaired) electrons. The molecule has 0 aromatic carbocycles. The monoisotopic (exact) mass is 408 g/mol. The zero-order chi connectivity index (χ0) is 19.3. The fourth-order valence-corrected chi connectivity index (χ4v) is 6.15. The fourth-order valence-electron chi connectivity index (χ4n) is 2.77. The Morgan fingerprint density at radius 3 is 2.62 bits per heavy atom. The molecular weight excluding hydrogens is 392 g/mol. The number of thiophene rings is 1.